The van der Waals surface area contributed by atoms with Crippen molar-refractivity contribution in [3.05, 3.63) is 34.9 Å². The van der Waals surface area contributed by atoms with Gasteiger partial charge < -0.3 is 10.8 Å². The summed E-state index contributed by atoms with van der Waals surface area (Å²) in [5.74, 6) is -1.43. The van der Waals surface area contributed by atoms with Crippen molar-refractivity contribution in [1.82, 2.24) is 0 Å². The average Bonchev–Trinajstić information content (AvgIpc) is 2.25. The van der Waals surface area contributed by atoms with Gasteiger partial charge in [0.1, 0.15) is 0 Å². The van der Waals surface area contributed by atoms with Crippen molar-refractivity contribution < 1.29 is 36.2 Å². The minimum atomic E-state index is -4.99. The number of carbonyl (C=O) groups is 1. The predicted molar refractivity (Wildman–Crippen MR) is 55.6 cm³/mol. The van der Waals surface area contributed by atoms with Gasteiger partial charge in [-0.05, 0) is 23.8 Å². The number of carboxylic acid groups (broad SMARTS) is 1. The minimum Gasteiger partial charge on any atom is -0.481 e. The number of benzene rings is 1. The highest BCUT2D eigenvalue weighted by Gasteiger charge is 2.37. The van der Waals surface area contributed by atoms with E-state index in [1.807, 2.05) is 0 Å². The van der Waals surface area contributed by atoms with Crippen LogP contribution in [0.25, 0.3) is 0 Å². The van der Waals surface area contributed by atoms with Crippen LogP contribution in [0.4, 0.5) is 26.3 Å². The summed E-state index contributed by atoms with van der Waals surface area (Å²) in [6, 6.07) is -0.668. The fraction of sp³-hybridized carbons (Fsp3) is 0.364. The third-order valence-electron chi connectivity index (χ3n) is 2.43. The van der Waals surface area contributed by atoms with E-state index in [9.17, 15) is 31.1 Å². The molecule has 0 fully saturated rings. The van der Waals surface area contributed by atoms with Crippen LogP contribution in [0.3, 0.4) is 0 Å². The first-order valence-electron chi connectivity index (χ1n) is 5.18. The molecule has 0 aliphatic carbocycles. The molecule has 20 heavy (non-hydrogen) atoms. The van der Waals surface area contributed by atoms with E-state index in [4.69, 9.17) is 10.8 Å². The molecular weight excluding hydrogens is 292 g/mol. The van der Waals surface area contributed by atoms with Gasteiger partial charge in [0.05, 0.1) is 17.5 Å². The lowest BCUT2D eigenvalue weighted by Crippen LogP contribution is -2.18. The molecular formula is C11H9F6NO2. The van der Waals surface area contributed by atoms with Crippen LogP contribution in [0, 0.1) is 0 Å². The standard InChI is InChI=1S/C11H9F6NO2/c12-10(13,14)6-1-5(8(18)4-9(19)20)2-7(3-6)11(15,16)17/h1-3,8H,4,18H2,(H,19,20). The maximum absolute atomic E-state index is 12.5. The highest BCUT2D eigenvalue weighted by molar-refractivity contribution is 5.68. The van der Waals surface area contributed by atoms with E-state index >= 15 is 0 Å². The summed E-state index contributed by atoms with van der Waals surface area (Å²) in [5, 5.41) is 8.48. The van der Waals surface area contributed by atoms with E-state index < -0.39 is 47.5 Å². The normalized spacial score (nSPS) is 14.2. The van der Waals surface area contributed by atoms with Crippen molar-refractivity contribution in [2.75, 3.05) is 0 Å². The Morgan fingerprint density at radius 1 is 1.05 bits per heavy atom. The highest BCUT2D eigenvalue weighted by Crippen LogP contribution is 2.37. The Bertz CT molecular complexity index is 476. The predicted octanol–water partition coefficient (Wildman–Crippen LogP) is 3.20. The second-order valence-corrected chi connectivity index (χ2v) is 4.04. The van der Waals surface area contributed by atoms with E-state index in [1.165, 1.54) is 0 Å². The van der Waals surface area contributed by atoms with Gasteiger partial charge >= 0.3 is 18.3 Å². The van der Waals surface area contributed by atoms with Crippen molar-refractivity contribution in [1.29, 1.82) is 0 Å². The van der Waals surface area contributed by atoms with Crippen molar-refractivity contribution >= 4 is 5.97 Å². The van der Waals surface area contributed by atoms with Crippen molar-refractivity contribution in [2.45, 2.75) is 24.8 Å². The molecule has 1 rings (SSSR count). The first-order chi connectivity index (χ1) is 8.91. The van der Waals surface area contributed by atoms with Crippen LogP contribution in [0.5, 0.6) is 0 Å². The van der Waals surface area contributed by atoms with Crippen LogP contribution in [-0.4, -0.2) is 11.1 Å². The number of aliphatic carboxylic acids is 1. The molecule has 3 nitrogen and oxygen atoms in total. The van der Waals surface area contributed by atoms with Gasteiger partial charge in [0.15, 0.2) is 0 Å². The molecule has 0 radical (unpaired) electrons. The number of hydrogen-bond donors (Lipinski definition) is 2. The van der Waals surface area contributed by atoms with Crippen LogP contribution in [-0.2, 0) is 17.1 Å². The molecule has 1 aromatic carbocycles. The van der Waals surface area contributed by atoms with E-state index in [1.54, 1.807) is 0 Å². The number of halogens is 6. The molecule has 0 aromatic heterocycles. The molecule has 0 amide bonds. The van der Waals surface area contributed by atoms with Gasteiger partial charge in [-0.15, -0.1) is 0 Å². The SMILES string of the molecule is NC(CC(=O)O)c1cc(C(F)(F)F)cc(C(F)(F)F)c1. The molecule has 0 saturated carbocycles. The molecule has 1 unspecified atom stereocenters. The van der Waals surface area contributed by atoms with Gasteiger partial charge in [-0.25, -0.2) is 0 Å². The third-order valence-corrected chi connectivity index (χ3v) is 2.43. The van der Waals surface area contributed by atoms with Crippen molar-refractivity contribution in [3.8, 4) is 0 Å². The summed E-state index contributed by atoms with van der Waals surface area (Å²) < 4.78 is 75.2. The monoisotopic (exact) mass is 301 g/mol. The highest BCUT2D eigenvalue weighted by atomic mass is 19.4. The maximum Gasteiger partial charge on any atom is 0.416 e. The van der Waals surface area contributed by atoms with Gasteiger partial charge in [-0.3, -0.25) is 4.79 Å². The van der Waals surface area contributed by atoms with Crippen LogP contribution in [0.2, 0.25) is 0 Å². The Labute approximate surface area is 109 Å². The van der Waals surface area contributed by atoms with E-state index in [-0.39, 0.29) is 6.07 Å². The molecule has 0 spiro atoms. The lowest BCUT2D eigenvalue weighted by atomic mass is 9.98. The molecule has 0 aliphatic heterocycles. The Hall–Kier alpha value is -1.77. The fourth-order valence-corrected chi connectivity index (χ4v) is 1.50. The largest absolute Gasteiger partial charge is 0.481 e. The quantitative estimate of drug-likeness (QED) is 0.843. The number of alkyl halides is 6. The molecule has 0 saturated heterocycles. The molecule has 112 valence electrons. The topological polar surface area (TPSA) is 63.3 Å². The first-order valence-corrected chi connectivity index (χ1v) is 5.18. The zero-order chi connectivity index (χ0) is 15.7. The molecule has 0 heterocycles. The van der Waals surface area contributed by atoms with Gasteiger partial charge in [0, 0.05) is 6.04 Å². The van der Waals surface area contributed by atoms with Crippen molar-refractivity contribution in [3.63, 3.8) is 0 Å². The van der Waals surface area contributed by atoms with Gasteiger partial charge in [0.25, 0.3) is 0 Å². The van der Waals surface area contributed by atoms with Crippen LogP contribution >= 0.6 is 0 Å². The van der Waals surface area contributed by atoms with Crippen molar-refractivity contribution in [2.24, 2.45) is 5.73 Å². The number of hydrogen-bond acceptors (Lipinski definition) is 2. The Balaban J connectivity index is 3.34. The molecule has 9 heteroatoms. The Morgan fingerprint density at radius 2 is 1.45 bits per heavy atom. The summed E-state index contributed by atoms with van der Waals surface area (Å²) >= 11 is 0. The Morgan fingerprint density at radius 3 is 1.75 bits per heavy atom. The minimum absolute atomic E-state index is 0.0447. The lowest BCUT2D eigenvalue weighted by molar-refractivity contribution is -0.143. The van der Waals surface area contributed by atoms with Gasteiger partial charge in [-0.1, -0.05) is 0 Å². The summed E-state index contributed by atoms with van der Waals surface area (Å²) in [7, 11) is 0. The van der Waals surface area contributed by atoms with E-state index in [0.717, 1.165) is 0 Å². The van der Waals surface area contributed by atoms with Gasteiger partial charge in [-0.2, -0.15) is 26.3 Å². The summed E-state index contributed by atoms with van der Waals surface area (Å²) in [4.78, 5) is 10.4. The second-order valence-electron chi connectivity index (χ2n) is 4.04. The molecule has 3 N–H and O–H groups in total. The number of carboxylic acids is 1. The van der Waals surface area contributed by atoms with Crippen LogP contribution in [0.15, 0.2) is 18.2 Å². The summed E-state index contributed by atoms with van der Waals surface area (Å²) in [6.07, 6.45) is -10.8. The molecule has 0 aliphatic rings. The Kier molecular flexibility index (Phi) is 4.33. The molecule has 1 atom stereocenters. The molecule has 0 bridgehead atoms. The van der Waals surface area contributed by atoms with Crippen LogP contribution in [0.1, 0.15) is 29.2 Å². The second kappa shape index (κ2) is 5.31. The smallest absolute Gasteiger partial charge is 0.416 e. The van der Waals surface area contributed by atoms with E-state index in [0.29, 0.717) is 12.1 Å². The average molecular weight is 301 g/mol. The maximum atomic E-state index is 12.5. The zero-order valence-corrected chi connectivity index (χ0v) is 9.72. The first kappa shape index (κ1) is 16.3. The zero-order valence-electron chi connectivity index (χ0n) is 9.72. The number of nitrogens with two attached hydrogens (primary N) is 1. The lowest BCUT2D eigenvalue weighted by Gasteiger charge is -2.16. The van der Waals surface area contributed by atoms with Gasteiger partial charge in [0.2, 0.25) is 0 Å². The fourth-order valence-electron chi connectivity index (χ4n) is 1.50. The summed E-state index contributed by atoms with van der Waals surface area (Å²) in [5.41, 5.74) is 1.72. The van der Waals surface area contributed by atoms with Crippen LogP contribution < -0.4 is 5.73 Å². The molecule has 1 aromatic rings. The van der Waals surface area contributed by atoms with E-state index in [2.05, 4.69) is 0 Å². The number of rotatable bonds is 3. The summed E-state index contributed by atoms with van der Waals surface area (Å²) in [6.45, 7) is 0. The third kappa shape index (κ3) is 4.12.